The van der Waals surface area contributed by atoms with Crippen molar-refractivity contribution in [3.05, 3.63) is 42.2 Å². The van der Waals surface area contributed by atoms with E-state index in [1.807, 2.05) is 12.1 Å². The van der Waals surface area contributed by atoms with Gasteiger partial charge in [-0.3, -0.25) is 0 Å². The number of thioether (sulfide) groups is 1. The van der Waals surface area contributed by atoms with E-state index in [-0.39, 0.29) is 12.6 Å². The summed E-state index contributed by atoms with van der Waals surface area (Å²) in [5, 5.41) is 1.38. The van der Waals surface area contributed by atoms with Gasteiger partial charge in [-0.1, -0.05) is 13.8 Å². The molecule has 1 aliphatic heterocycles. The lowest BCUT2D eigenvalue weighted by molar-refractivity contribution is 0.174. The van der Waals surface area contributed by atoms with Crippen molar-refractivity contribution in [2.45, 2.75) is 24.0 Å². The molecular weight excluding hydrogens is 315 g/mol. The second kappa shape index (κ2) is 5.49. The van der Waals surface area contributed by atoms with E-state index >= 15 is 0 Å². The fraction of sp³-hybridized carbons (Fsp3) is 0.222. The Morgan fingerprint density at radius 1 is 1.04 bits per heavy atom. The lowest BCUT2D eigenvalue weighted by atomic mass is 10.1. The highest BCUT2D eigenvalue weighted by molar-refractivity contribution is 8.00. The van der Waals surface area contributed by atoms with Crippen LogP contribution in [0.3, 0.4) is 0 Å². The summed E-state index contributed by atoms with van der Waals surface area (Å²) in [6.07, 6.45) is 0. The van der Waals surface area contributed by atoms with Crippen LogP contribution in [0.1, 0.15) is 13.8 Å². The van der Waals surface area contributed by atoms with Crippen LogP contribution in [0.15, 0.2) is 45.7 Å². The molecule has 2 aromatic carbocycles. The molecule has 4 rings (SSSR count). The Bertz CT molecular complexity index is 868. The normalized spacial score (nSPS) is 13.2. The minimum atomic E-state index is -0.260. The number of benzene rings is 2. The molecule has 3 aromatic rings. The molecule has 0 radical (unpaired) electrons. The van der Waals surface area contributed by atoms with Gasteiger partial charge in [0, 0.05) is 22.3 Å². The molecule has 0 unspecified atom stereocenters. The molecule has 0 spiro atoms. The molecule has 3 nitrogen and oxygen atoms in total. The number of hydrogen-bond acceptors (Lipinski definition) is 4. The number of ether oxygens (including phenoxy) is 2. The summed E-state index contributed by atoms with van der Waals surface area (Å²) in [5.41, 5.74) is 1.60. The fourth-order valence-electron chi connectivity index (χ4n) is 2.61. The van der Waals surface area contributed by atoms with Crippen molar-refractivity contribution in [3.8, 4) is 22.8 Å². The Morgan fingerprint density at radius 2 is 1.74 bits per heavy atom. The Balaban J connectivity index is 1.93. The maximum Gasteiger partial charge on any atom is 0.231 e. The maximum absolute atomic E-state index is 13.2. The third kappa shape index (κ3) is 2.55. The van der Waals surface area contributed by atoms with Crippen LogP contribution in [0.4, 0.5) is 4.39 Å². The van der Waals surface area contributed by atoms with Crippen LogP contribution in [0.5, 0.6) is 11.5 Å². The monoisotopic (exact) mass is 330 g/mol. The fourth-order valence-corrected chi connectivity index (χ4v) is 3.63. The lowest BCUT2D eigenvalue weighted by Crippen LogP contribution is -1.92. The largest absolute Gasteiger partial charge is 0.455 e. The van der Waals surface area contributed by atoms with Gasteiger partial charge in [-0.2, -0.15) is 0 Å². The standard InChI is InChI=1S/C18H15FO3S/c1-10(2)23-18-13-7-15-16(21-9-20-15)8-14(13)22-17(18)11-3-5-12(19)6-4-11/h3-8,10H,9H2,1-2H3. The highest BCUT2D eigenvalue weighted by atomic mass is 32.2. The molecule has 2 heterocycles. The van der Waals surface area contributed by atoms with E-state index < -0.39 is 0 Å². The second-order valence-corrected chi connectivity index (χ2v) is 7.22. The van der Waals surface area contributed by atoms with Crippen LogP contribution in [0.25, 0.3) is 22.3 Å². The van der Waals surface area contributed by atoms with Crippen LogP contribution in [0.2, 0.25) is 0 Å². The molecule has 0 saturated carbocycles. The van der Waals surface area contributed by atoms with E-state index in [4.69, 9.17) is 13.9 Å². The summed E-state index contributed by atoms with van der Waals surface area (Å²) in [4.78, 5) is 1.04. The Kier molecular flexibility index (Phi) is 3.45. The number of halogens is 1. The number of hydrogen-bond donors (Lipinski definition) is 0. The van der Waals surface area contributed by atoms with Gasteiger partial charge in [0.25, 0.3) is 0 Å². The van der Waals surface area contributed by atoms with Crippen molar-refractivity contribution < 1.29 is 18.3 Å². The van der Waals surface area contributed by atoms with Gasteiger partial charge >= 0.3 is 0 Å². The van der Waals surface area contributed by atoms with E-state index in [2.05, 4.69) is 13.8 Å². The molecule has 0 N–H and O–H groups in total. The summed E-state index contributed by atoms with van der Waals surface area (Å²) in [6.45, 7) is 4.50. The minimum Gasteiger partial charge on any atom is -0.455 e. The van der Waals surface area contributed by atoms with E-state index in [1.54, 1.807) is 23.9 Å². The smallest absolute Gasteiger partial charge is 0.231 e. The lowest BCUT2D eigenvalue weighted by Gasteiger charge is -2.06. The molecule has 0 bridgehead atoms. The highest BCUT2D eigenvalue weighted by Crippen LogP contribution is 2.46. The van der Waals surface area contributed by atoms with Crippen LogP contribution >= 0.6 is 11.8 Å². The molecule has 0 atom stereocenters. The van der Waals surface area contributed by atoms with Crippen molar-refractivity contribution in [1.82, 2.24) is 0 Å². The molecule has 0 saturated heterocycles. The van der Waals surface area contributed by atoms with Gasteiger partial charge in [0.05, 0.1) is 4.90 Å². The third-order valence-corrected chi connectivity index (χ3v) is 4.71. The average molecular weight is 330 g/mol. The SMILES string of the molecule is CC(C)Sc1c(-c2ccc(F)cc2)oc2cc3c(cc12)OCO3. The predicted octanol–water partition coefficient (Wildman–Crippen LogP) is 5.47. The summed E-state index contributed by atoms with van der Waals surface area (Å²) < 4.78 is 30.2. The van der Waals surface area contributed by atoms with Crippen molar-refractivity contribution in [1.29, 1.82) is 0 Å². The van der Waals surface area contributed by atoms with E-state index in [0.29, 0.717) is 11.0 Å². The quantitative estimate of drug-likeness (QED) is 0.596. The Hall–Kier alpha value is -2.14. The number of fused-ring (bicyclic) bond motifs is 2. The van der Waals surface area contributed by atoms with Crippen LogP contribution in [-0.2, 0) is 0 Å². The van der Waals surface area contributed by atoms with Gasteiger partial charge < -0.3 is 13.9 Å². The molecular formula is C18H15FO3S. The van der Waals surface area contributed by atoms with Gasteiger partial charge in [-0.15, -0.1) is 11.8 Å². The van der Waals surface area contributed by atoms with Crippen LogP contribution in [-0.4, -0.2) is 12.0 Å². The van der Waals surface area contributed by atoms with Gasteiger partial charge in [0.2, 0.25) is 6.79 Å². The average Bonchev–Trinajstić information content (AvgIpc) is 3.10. The summed E-state index contributed by atoms with van der Waals surface area (Å²) in [5.74, 6) is 1.92. The van der Waals surface area contributed by atoms with Gasteiger partial charge in [0.15, 0.2) is 11.5 Å². The molecule has 0 aliphatic carbocycles. The zero-order chi connectivity index (χ0) is 16.0. The molecule has 118 valence electrons. The summed E-state index contributed by atoms with van der Waals surface area (Å²) in [7, 11) is 0. The first kappa shape index (κ1) is 14.5. The topological polar surface area (TPSA) is 31.6 Å². The van der Waals surface area contributed by atoms with Gasteiger partial charge in [-0.25, -0.2) is 4.39 Å². The number of furan rings is 1. The van der Waals surface area contributed by atoms with Crippen molar-refractivity contribution in [2.24, 2.45) is 0 Å². The maximum atomic E-state index is 13.2. The summed E-state index contributed by atoms with van der Waals surface area (Å²) in [6, 6.07) is 10.2. The first-order valence-corrected chi connectivity index (χ1v) is 8.28. The molecule has 1 aliphatic rings. The van der Waals surface area contributed by atoms with Crippen LogP contribution in [0, 0.1) is 5.82 Å². The molecule has 23 heavy (non-hydrogen) atoms. The minimum absolute atomic E-state index is 0.236. The first-order valence-electron chi connectivity index (χ1n) is 7.40. The Labute approximate surface area is 137 Å². The molecule has 5 heteroatoms. The van der Waals surface area contributed by atoms with E-state index in [0.717, 1.165) is 32.9 Å². The zero-order valence-corrected chi connectivity index (χ0v) is 13.6. The zero-order valence-electron chi connectivity index (χ0n) is 12.8. The molecule has 0 fully saturated rings. The number of rotatable bonds is 3. The van der Waals surface area contributed by atoms with E-state index in [1.165, 1.54) is 12.1 Å². The highest BCUT2D eigenvalue weighted by Gasteiger charge is 2.22. The summed E-state index contributed by atoms with van der Waals surface area (Å²) >= 11 is 1.72. The van der Waals surface area contributed by atoms with E-state index in [9.17, 15) is 4.39 Å². The Morgan fingerprint density at radius 3 is 2.43 bits per heavy atom. The van der Waals surface area contributed by atoms with Gasteiger partial charge in [0.1, 0.15) is 17.2 Å². The van der Waals surface area contributed by atoms with Crippen LogP contribution < -0.4 is 9.47 Å². The third-order valence-electron chi connectivity index (χ3n) is 3.60. The molecule has 1 aromatic heterocycles. The molecule has 0 amide bonds. The predicted molar refractivity (Wildman–Crippen MR) is 88.7 cm³/mol. The van der Waals surface area contributed by atoms with Crippen molar-refractivity contribution in [2.75, 3.05) is 6.79 Å². The van der Waals surface area contributed by atoms with Crippen molar-refractivity contribution >= 4 is 22.7 Å². The second-order valence-electron chi connectivity index (χ2n) is 5.64. The first-order chi connectivity index (χ1) is 11.1. The van der Waals surface area contributed by atoms with Crippen molar-refractivity contribution in [3.63, 3.8) is 0 Å². The van der Waals surface area contributed by atoms with Gasteiger partial charge in [-0.05, 0) is 30.3 Å².